The smallest absolute Gasteiger partial charge is 0.0694 e. The van der Waals surface area contributed by atoms with Crippen LogP contribution in [0.4, 0.5) is 5.00 Å². The number of rotatable bonds is 2. The van der Waals surface area contributed by atoms with Gasteiger partial charge in [0.25, 0.3) is 0 Å². The van der Waals surface area contributed by atoms with Crippen LogP contribution in [0.25, 0.3) is 0 Å². The maximum atomic E-state index is 10.8. The summed E-state index contributed by atoms with van der Waals surface area (Å²) in [6.45, 7) is 4.25. The highest BCUT2D eigenvalue weighted by Gasteiger charge is 2.11. The van der Waals surface area contributed by atoms with Gasteiger partial charge in [0.1, 0.15) is 0 Å². The molecule has 60 valence electrons. The Hall–Kier alpha value is -0.700. The molecule has 0 bridgehead atoms. The van der Waals surface area contributed by atoms with E-state index in [1.807, 2.05) is 12.1 Å². The Morgan fingerprint density at radius 1 is 1.45 bits per heavy atom. The Morgan fingerprint density at radius 3 is 2.36 bits per heavy atom. The largest absolute Gasteiger partial charge is 0.310 e. The van der Waals surface area contributed by atoms with Gasteiger partial charge < -0.3 is 0 Å². The van der Waals surface area contributed by atoms with Crippen molar-refractivity contribution in [2.45, 2.75) is 19.8 Å². The molecule has 2 nitrogen and oxygen atoms in total. The first kappa shape index (κ1) is 8.40. The zero-order chi connectivity index (χ0) is 8.43. The first-order chi connectivity index (χ1) is 5.11. The lowest BCUT2D eigenvalue weighted by Gasteiger charge is -1.95. The topological polar surface area (TPSA) is 20.1 Å². The fourth-order valence-corrected chi connectivity index (χ4v) is 1.70. The van der Waals surface area contributed by atoms with Gasteiger partial charge in [0, 0.05) is 20.6 Å². The van der Waals surface area contributed by atoms with E-state index in [0.29, 0.717) is 5.92 Å². The maximum Gasteiger partial charge on any atom is 0.310 e. The third-order valence-corrected chi connectivity index (χ3v) is 2.94. The average Bonchev–Trinajstić information content (AvgIpc) is 2.33. The molecule has 0 amide bonds. The van der Waals surface area contributed by atoms with Crippen LogP contribution in [0.1, 0.15) is 24.6 Å². The summed E-state index contributed by atoms with van der Waals surface area (Å²) in [6, 6.07) is 3.88. The van der Waals surface area contributed by atoms with Crippen molar-refractivity contribution < 1.29 is 4.76 Å². The Kier molecular flexibility index (Phi) is 2.39. The van der Waals surface area contributed by atoms with Crippen LogP contribution in [0.2, 0.25) is 0 Å². The summed E-state index contributed by atoms with van der Waals surface area (Å²) in [6.07, 6.45) is 0. The van der Waals surface area contributed by atoms with Crippen molar-refractivity contribution in [1.29, 1.82) is 0 Å². The van der Waals surface area contributed by atoms with Gasteiger partial charge >= 0.3 is 5.00 Å². The maximum absolute atomic E-state index is 10.8. The number of hydrogen-bond donors (Lipinski definition) is 0. The van der Waals surface area contributed by atoms with Crippen molar-refractivity contribution in [3.63, 3.8) is 0 Å². The minimum Gasteiger partial charge on any atom is -0.0694 e. The second-order valence-corrected chi connectivity index (χ2v) is 3.92. The summed E-state index contributed by atoms with van der Waals surface area (Å²) in [5.74, 6) is 0.522. The zero-order valence-electron chi connectivity index (χ0n) is 7.00. The first-order valence-corrected chi connectivity index (χ1v) is 4.43. The molecule has 1 rings (SSSR count). The quantitative estimate of drug-likeness (QED) is 0.625. The lowest BCUT2D eigenvalue weighted by Crippen LogP contribution is -1.84. The Bertz CT molecular complexity index is 265. The molecule has 0 saturated carbocycles. The number of hydrogen-bond acceptors (Lipinski definition) is 2. The van der Waals surface area contributed by atoms with Crippen molar-refractivity contribution in [1.82, 2.24) is 0 Å². The molecule has 0 aliphatic rings. The zero-order valence-corrected chi connectivity index (χ0v) is 7.81. The van der Waals surface area contributed by atoms with Crippen LogP contribution in [-0.2, 0) is 0 Å². The molecule has 0 radical (unpaired) electrons. The number of thiophene rings is 1. The van der Waals surface area contributed by atoms with Gasteiger partial charge in [-0.15, -0.1) is 0 Å². The van der Waals surface area contributed by atoms with Crippen molar-refractivity contribution in [3.05, 3.63) is 21.9 Å². The molecule has 0 unspecified atom stereocenters. The fraction of sp³-hybridized carbons (Fsp3) is 0.500. The van der Waals surface area contributed by atoms with Crippen molar-refractivity contribution in [3.8, 4) is 0 Å². The molecule has 0 aliphatic heterocycles. The van der Waals surface area contributed by atoms with E-state index in [2.05, 4.69) is 13.8 Å². The third-order valence-electron chi connectivity index (χ3n) is 1.49. The van der Waals surface area contributed by atoms with Crippen LogP contribution in [0, 0.1) is 4.91 Å². The molecule has 11 heavy (non-hydrogen) atoms. The van der Waals surface area contributed by atoms with E-state index in [1.165, 1.54) is 11.9 Å². The van der Waals surface area contributed by atoms with Gasteiger partial charge in [-0.25, -0.2) is 0 Å². The van der Waals surface area contributed by atoms with Crippen LogP contribution in [0.15, 0.2) is 12.1 Å². The number of nitroso groups, excluding NO2 is 1. The predicted molar refractivity (Wildman–Crippen MR) is 47.6 cm³/mol. The lowest BCUT2D eigenvalue weighted by molar-refractivity contribution is -0.423. The molecular weight excluding hydrogens is 158 g/mol. The predicted octanol–water partition coefficient (Wildman–Crippen LogP) is 2.91. The normalized spacial score (nSPS) is 10.5. The molecule has 0 saturated heterocycles. The van der Waals surface area contributed by atoms with E-state index in [-0.39, 0.29) is 0 Å². The van der Waals surface area contributed by atoms with Crippen molar-refractivity contribution >= 4 is 16.3 Å². The third kappa shape index (κ3) is 1.87. The summed E-state index contributed by atoms with van der Waals surface area (Å²) in [5, 5.41) is 0.786. The molecule has 0 aliphatic carbocycles. The van der Waals surface area contributed by atoms with E-state index < -0.39 is 0 Å². The van der Waals surface area contributed by atoms with E-state index in [0.717, 1.165) is 9.76 Å². The summed E-state index contributed by atoms with van der Waals surface area (Å²) < 4.78 is 0.899. The first-order valence-electron chi connectivity index (χ1n) is 3.62. The van der Waals surface area contributed by atoms with Crippen LogP contribution < -0.4 is 0 Å². The molecule has 0 atom stereocenters. The number of nitrogens with zero attached hydrogens (tertiary/aromatic N) is 1. The summed E-state index contributed by atoms with van der Waals surface area (Å²) in [4.78, 5) is 12.1. The lowest BCUT2D eigenvalue weighted by atomic mass is 10.2. The second-order valence-electron chi connectivity index (χ2n) is 2.83. The summed E-state index contributed by atoms with van der Waals surface area (Å²) >= 11 is 1.56. The summed E-state index contributed by atoms with van der Waals surface area (Å²) in [5.41, 5.74) is 0. The highest BCUT2D eigenvalue weighted by Crippen LogP contribution is 2.28. The van der Waals surface area contributed by atoms with Crippen LogP contribution in [0.3, 0.4) is 0 Å². The highest BCUT2D eigenvalue weighted by atomic mass is 32.1. The molecule has 1 aromatic rings. The average molecular weight is 170 g/mol. The molecule has 0 fully saturated rings. The minimum absolute atomic E-state index is 0.522. The minimum atomic E-state index is 0.522. The Morgan fingerprint density at radius 2 is 2.09 bits per heavy atom. The van der Waals surface area contributed by atoms with Gasteiger partial charge in [0.15, 0.2) is 7.05 Å². The van der Waals surface area contributed by atoms with E-state index >= 15 is 0 Å². The molecule has 0 spiro atoms. The monoisotopic (exact) mass is 170 g/mol. The van der Waals surface area contributed by atoms with Crippen molar-refractivity contribution in [2.75, 3.05) is 7.05 Å². The highest BCUT2D eigenvalue weighted by molar-refractivity contribution is 7.15. The van der Waals surface area contributed by atoms with Crippen molar-refractivity contribution in [2.24, 2.45) is 0 Å². The molecule has 0 aromatic carbocycles. The Labute approximate surface area is 70.4 Å². The molecule has 1 aromatic heterocycles. The fourth-order valence-electron chi connectivity index (χ4n) is 0.822. The van der Waals surface area contributed by atoms with Gasteiger partial charge in [-0.2, -0.15) is 0 Å². The van der Waals surface area contributed by atoms with Gasteiger partial charge in [-0.05, 0) is 12.0 Å². The van der Waals surface area contributed by atoms with Gasteiger partial charge in [0.05, 0.1) is 0 Å². The van der Waals surface area contributed by atoms with Crippen LogP contribution in [-0.4, -0.2) is 11.8 Å². The van der Waals surface area contributed by atoms with E-state index in [1.54, 1.807) is 11.3 Å². The molecular formula is C8H12NOS+. The van der Waals surface area contributed by atoms with Crippen LogP contribution in [0.5, 0.6) is 0 Å². The summed E-state index contributed by atoms with van der Waals surface area (Å²) in [7, 11) is 1.52. The van der Waals surface area contributed by atoms with Gasteiger partial charge in [-0.3, -0.25) is 0 Å². The molecule has 0 N–H and O–H groups in total. The second kappa shape index (κ2) is 3.13. The SMILES string of the molecule is CC(C)c1ccc([N+](C)=O)s1. The molecule has 1 heterocycles. The van der Waals surface area contributed by atoms with Gasteiger partial charge in [0.2, 0.25) is 0 Å². The van der Waals surface area contributed by atoms with Crippen LogP contribution >= 0.6 is 11.3 Å². The standard InChI is InChI=1S/C8H12NOS/c1-6(2)7-4-5-8(11-7)9(3)10/h4-6H,1-3H3/q+1. The molecule has 3 heteroatoms. The van der Waals surface area contributed by atoms with E-state index in [4.69, 9.17) is 0 Å². The van der Waals surface area contributed by atoms with Gasteiger partial charge in [-0.1, -0.05) is 25.2 Å². The Balaban J connectivity index is 2.90. The van der Waals surface area contributed by atoms with E-state index in [9.17, 15) is 4.91 Å².